The lowest BCUT2D eigenvalue weighted by Crippen LogP contribution is -2.43. The van der Waals surface area contributed by atoms with Gasteiger partial charge < -0.3 is 4.90 Å². The Balaban J connectivity index is 1.37. The van der Waals surface area contributed by atoms with Gasteiger partial charge in [0.1, 0.15) is 0 Å². The number of rotatable bonds is 2. The molecule has 5 heteroatoms. The van der Waals surface area contributed by atoms with Gasteiger partial charge in [0.25, 0.3) is 0 Å². The maximum absolute atomic E-state index is 12.6. The second-order valence-corrected chi connectivity index (χ2v) is 6.33. The molecule has 1 aliphatic heterocycles. The molecule has 1 aromatic heterocycles. The number of aromatic nitrogens is 3. The molecule has 1 aromatic rings. The van der Waals surface area contributed by atoms with Crippen LogP contribution in [0, 0.1) is 17.8 Å². The van der Waals surface area contributed by atoms with Crippen molar-refractivity contribution in [2.75, 3.05) is 13.1 Å². The highest BCUT2D eigenvalue weighted by molar-refractivity contribution is 5.80. The van der Waals surface area contributed by atoms with E-state index < -0.39 is 0 Å². The summed E-state index contributed by atoms with van der Waals surface area (Å²) in [6.07, 6.45) is 12.5. The third-order valence-electron chi connectivity index (χ3n) is 5.19. The van der Waals surface area contributed by atoms with Gasteiger partial charge in [0.15, 0.2) is 0 Å². The van der Waals surface area contributed by atoms with Gasteiger partial charge in [-0.3, -0.25) is 4.79 Å². The summed E-state index contributed by atoms with van der Waals surface area (Å²) in [7, 11) is 0. The maximum atomic E-state index is 12.6. The fourth-order valence-corrected chi connectivity index (χ4v) is 4.06. The number of fused-ring (bicyclic) bond motifs is 2. The van der Waals surface area contributed by atoms with Gasteiger partial charge in [-0.1, -0.05) is 17.4 Å². The second-order valence-electron chi connectivity index (χ2n) is 6.33. The average Bonchev–Trinajstić information content (AvgIpc) is 3.23. The molecule has 1 saturated heterocycles. The monoisotopic (exact) mass is 272 g/mol. The van der Waals surface area contributed by atoms with E-state index in [9.17, 15) is 4.79 Å². The molecule has 2 bridgehead atoms. The van der Waals surface area contributed by atoms with Crippen molar-refractivity contribution in [3.8, 4) is 0 Å². The molecule has 1 saturated carbocycles. The number of carbonyl (C=O) groups is 1. The molecule has 0 unspecified atom stereocenters. The van der Waals surface area contributed by atoms with Crippen LogP contribution in [-0.4, -0.2) is 38.9 Å². The Bertz CT molecular complexity index is 516. The van der Waals surface area contributed by atoms with E-state index >= 15 is 0 Å². The van der Waals surface area contributed by atoms with Crippen LogP contribution in [0.25, 0.3) is 0 Å². The van der Waals surface area contributed by atoms with Crippen LogP contribution >= 0.6 is 0 Å². The number of allylic oxidation sites excluding steroid dienone is 2. The van der Waals surface area contributed by atoms with Crippen molar-refractivity contribution in [2.24, 2.45) is 17.8 Å². The van der Waals surface area contributed by atoms with Crippen molar-refractivity contribution in [1.82, 2.24) is 19.9 Å². The Morgan fingerprint density at radius 1 is 1.15 bits per heavy atom. The predicted molar refractivity (Wildman–Crippen MR) is 73.7 cm³/mol. The van der Waals surface area contributed by atoms with Crippen LogP contribution in [0.1, 0.15) is 31.7 Å². The second kappa shape index (κ2) is 4.72. The molecule has 5 nitrogen and oxygen atoms in total. The van der Waals surface area contributed by atoms with Crippen molar-refractivity contribution in [1.29, 1.82) is 0 Å². The van der Waals surface area contributed by atoms with E-state index in [1.54, 1.807) is 6.20 Å². The largest absolute Gasteiger partial charge is 0.342 e. The van der Waals surface area contributed by atoms with Crippen LogP contribution in [0.15, 0.2) is 24.5 Å². The Hall–Kier alpha value is -1.65. The third kappa shape index (κ3) is 1.96. The summed E-state index contributed by atoms with van der Waals surface area (Å²) in [5.41, 5.74) is 0. The topological polar surface area (TPSA) is 51.0 Å². The van der Waals surface area contributed by atoms with Gasteiger partial charge in [0, 0.05) is 25.2 Å². The highest BCUT2D eigenvalue weighted by Crippen LogP contribution is 2.44. The quantitative estimate of drug-likeness (QED) is 0.769. The van der Waals surface area contributed by atoms with Crippen molar-refractivity contribution in [3.05, 3.63) is 24.5 Å². The fourth-order valence-electron chi connectivity index (χ4n) is 4.06. The minimum Gasteiger partial charge on any atom is -0.342 e. The Morgan fingerprint density at radius 3 is 2.60 bits per heavy atom. The molecule has 20 heavy (non-hydrogen) atoms. The Morgan fingerprint density at radius 2 is 2.00 bits per heavy atom. The number of hydrogen-bond donors (Lipinski definition) is 0. The molecule has 0 spiro atoms. The van der Waals surface area contributed by atoms with Gasteiger partial charge in [-0.2, -0.15) is 0 Å². The van der Waals surface area contributed by atoms with Crippen molar-refractivity contribution >= 4 is 5.91 Å². The molecule has 1 amide bonds. The first-order valence-electron chi connectivity index (χ1n) is 7.64. The molecule has 0 radical (unpaired) electrons. The standard InChI is InChI=1S/C15H20N4O/c20-15(14-10-11-1-2-12(14)9-11)18-6-3-13(4-7-18)19-8-5-16-17-19/h1-2,5,8,11-14H,3-4,6-7,9-10H2/t11-,12-,14-/m0/s1. The van der Waals surface area contributed by atoms with Gasteiger partial charge in [-0.15, -0.1) is 5.10 Å². The SMILES string of the molecule is O=C([C@H]1C[C@H]2C=C[C@H]1C2)N1CCC(n2ccnn2)CC1. The van der Waals surface area contributed by atoms with Crippen molar-refractivity contribution < 1.29 is 4.79 Å². The average molecular weight is 272 g/mol. The van der Waals surface area contributed by atoms with E-state index in [0.29, 0.717) is 23.8 Å². The zero-order valence-corrected chi connectivity index (χ0v) is 11.6. The van der Waals surface area contributed by atoms with Crippen LogP contribution in [0.5, 0.6) is 0 Å². The first-order chi connectivity index (χ1) is 9.81. The summed E-state index contributed by atoms with van der Waals surface area (Å²) < 4.78 is 1.93. The number of amides is 1. The fraction of sp³-hybridized carbons (Fsp3) is 0.667. The number of carbonyl (C=O) groups excluding carboxylic acids is 1. The number of hydrogen-bond acceptors (Lipinski definition) is 3. The lowest BCUT2D eigenvalue weighted by atomic mass is 9.91. The van der Waals surface area contributed by atoms with Crippen molar-refractivity contribution in [2.45, 2.75) is 31.7 Å². The normalized spacial score (nSPS) is 33.0. The molecule has 3 atom stereocenters. The van der Waals surface area contributed by atoms with E-state index in [0.717, 1.165) is 32.4 Å². The van der Waals surface area contributed by atoms with Crippen LogP contribution in [0.2, 0.25) is 0 Å². The molecule has 4 rings (SSSR count). The molecule has 2 heterocycles. The summed E-state index contributed by atoms with van der Waals surface area (Å²) >= 11 is 0. The van der Waals surface area contributed by atoms with Gasteiger partial charge in [-0.25, -0.2) is 4.68 Å². The van der Waals surface area contributed by atoms with E-state index in [-0.39, 0.29) is 5.92 Å². The zero-order chi connectivity index (χ0) is 13.5. The van der Waals surface area contributed by atoms with Gasteiger partial charge in [-0.05, 0) is 37.5 Å². The van der Waals surface area contributed by atoms with E-state index in [4.69, 9.17) is 0 Å². The van der Waals surface area contributed by atoms with E-state index in [1.807, 2.05) is 10.9 Å². The Labute approximate surface area is 118 Å². The highest BCUT2D eigenvalue weighted by atomic mass is 16.2. The minimum absolute atomic E-state index is 0.257. The van der Waals surface area contributed by atoms with Crippen LogP contribution in [-0.2, 0) is 4.79 Å². The molecule has 2 aliphatic carbocycles. The maximum Gasteiger partial charge on any atom is 0.226 e. The van der Waals surface area contributed by atoms with E-state index in [2.05, 4.69) is 27.4 Å². The lowest BCUT2D eigenvalue weighted by molar-refractivity contribution is -0.137. The molecule has 2 fully saturated rings. The first-order valence-corrected chi connectivity index (χ1v) is 7.64. The van der Waals surface area contributed by atoms with Gasteiger partial charge in [0.05, 0.1) is 12.2 Å². The summed E-state index contributed by atoms with van der Waals surface area (Å²) in [5.74, 6) is 1.83. The molecular formula is C15H20N4O. The predicted octanol–water partition coefficient (Wildman–Crippen LogP) is 1.65. The molecule has 106 valence electrons. The third-order valence-corrected chi connectivity index (χ3v) is 5.19. The van der Waals surface area contributed by atoms with E-state index in [1.165, 1.54) is 6.42 Å². The molecule has 0 aromatic carbocycles. The lowest BCUT2D eigenvalue weighted by Gasteiger charge is -2.34. The summed E-state index contributed by atoms with van der Waals surface area (Å²) in [6, 6.07) is 0.404. The van der Waals surface area contributed by atoms with Crippen LogP contribution in [0.3, 0.4) is 0 Å². The first kappa shape index (κ1) is 12.1. The minimum atomic E-state index is 0.257. The summed E-state index contributed by atoms with van der Waals surface area (Å²) in [6.45, 7) is 1.72. The number of likely N-dealkylation sites (tertiary alicyclic amines) is 1. The highest BCUT2D eigenvalue weighted by Gasteiger charge is 2.42. The summed E-state index contributed by atoms with van der Waals surface area (Å²) in [5, 5.41) is 7.94. The molecule has 0 N–H and O–H groups in total. The number of nitrogens with zero attached hydrogens (tertiary/aromatic N) is 4. The van der Waals surface area contributed by atoms with Gasteiger partial charge in [0.2, 0.25) is 5.91 Å². The molecular weight excluding hydrogens is 252 g/mol. The summed E-state index contributed by atoms with van der Waals surface area (Å²) in [4.78, 5) is 14.7. The smallest absolute Gasteiger partial charge is 0.226 e. The zero-order valence-electron chi connectivity index (χ0n) is 11.6. The van der Waals surface area contributed by atoms with Crippen LogP contribution in [0.4, 0.5) is 0 Å². The molecule has 3 aliphatic rings. The van der Waals surface area contributed by atoms with Crippen molar-refractivity contribution in [3.63, 3.8) is 0 Å². The van der Waals surface area contributed by atoms with Crippen LogP contribution < -0.4 is 0 Å². The van der Waals surface area contributed by atoms with Gasteiger partial charge >= 0.3 is 0 Å². The number of piperidine rings is 1. The Kier molecular flexibility index (Phi) is 2.86.